The lowest BCUT2D eigenvalue weighted by Gasteiger charge is -2.19. The van der Waals surface area contributed by atoms with E-state index >= 15 is 0 Å². The second kappa shape index (κ2) is 7.30. The Balaban J connectivity index is 2.28. The Labute approximate surface area is 142 Å². The van der Waals surface area contributed by atoms with Crippen LogP contribution in [-0.2, 0) is 4.74 Å². The third-order valence-electron chi connectivity index (χ3n) is 3.29. The third-order valence-corrected chi connectivity index (χ3v) is 3.29. The van der Waals surface area contributed by atoms with Gasteiger partial charge in [0, 0.05) is 5.56 Å². The lowest BCUT2D eigenvalue weighted by Crippen LogP contribution is -2.23. The van der Waals surface area contributed by atoms with Crippen molar-refractivity contribution in [3.63, 3.8) is 0 Å². The van der Waals surface area contributed by atoms with E-state index in [2.05, 4.69) is 0 Å². The van der Waals surface area contributed by atoms with E-state index in [4.69, 9.17) is 9.47 Å². The maximum absolute atomic E-state index is 12.1. The molecule has 0 unspecified atom stereocenters. The van der Waals surface area contributed by atoms with Gasteiger partial charge >= 0.3 is 5.97 Å². The van der Waals surface area contributed by atoms with Crippen molar-refractivity contribution in [1.82, 2.24) is 0 Å². The minimum absolute atomic E-state index is 0.364. The molecule has 4 nitrogen and oxygen atoms in total. The minimum Gasteiger partial charge on any atom is -0.494 e. The van der Waals surface area contributed by atoms with E-state index in [1.165, 1.54) is 0 Å². The van der Waals surface area contributed by atoms with Gasteiger partial charge in [0.15, 0.2) is 6.29 Å². The van der Waals surface area contributed by atoms with Crippen molar-refractivity contribution in [1.29, 1.82) is 0 Å². The van der Waals surface area contributed by atoms with Crippen LogP contribution in [0, 0.1) is 0 Å². The van der Waals surface area contributed by atoms with Crippen molar-refractivity contribution < 1.29 is 19.1 Å². The van der Waals surface area contributed by atoms with E-state index in [1.54, 1.807) is 18.2 Å². The van der Waals surface area contributed by atoms with Gasteiger partial charge < -0.3 is 9.47 Å². The Morgan fingerprint density at radius 2 is 1.75 bits per heavy atom. The molecule has 0 fully saturated rings. The Bertz CT molecular complexity index is 724. The van der Waals surface area contributed by atoms with Gasteiger partial charge in [-0.05, 0) is 69.2 Å². The van der Waals surface area contributed by atoms with Crippen LogP contribution in [0.4, 0.5) is 0 Å². The Morgan fingerprint density at radius 1 is 1.08 bits per heavy atom. The number of benzene rings is 2. The molecule has 0 atom stereocenters. The van der Waals surface area contributed by atoms with E-state index in [0.717, 1.165) is 17.4 Å². The van der Waals surface area contributed by atoms with Crippen LogP contribution in [0.5, 0.6) is 5.75 Å². The summed E-state index contributed by atoms with van der Waals surface area (Å²) in [5.41, 5.74) is 2.14. The molecule has 0 heterocycles. The lowest BCUT2D eigenvalue weighted by molar-refractivity contribution is 0.00695. The molecule has 0 bridgehead atoms. The zero-order valence-electron chi connectivity index (χ0n) is 14.5. The highest BCUT2D eigenvalue weighted by atomic mass is 16.6. The molecule has 0 aliphatic heterocycles. The summed E-state index contributed by atoms with van der Waals surface area (Å²) in [6.07, 6.45) is 0.805. The number of hydrogen-bond donors (Lipinski definition) is 0. The molecule has 126 valence electrons. The summed E-state index contributed by atoms with van der Waals surface area (Å²) < 4.78 is 10.8. The summed E-state index contributed by atoms with van der Waals surface area (Å²) in [6, 6.07) is 12.4. The van der Waals surface area contributed by atoms with Gasteiger partial charge in [0.05, 0.1) is 12.2 Å². The van der Waals surface area contributed by atoms with Gasteiger partial charge in [0.25, 0.3) is 0 Å². The highest BCUT2D eigenvalue weighted by Gasteiger charge is 2.18. The van der Waals surface area contributed by atoms with Crippen molar-refractivity contribution >= 4 is 12.3 Å². The Morgan fingerprint density at radius 3 is 2.29 bits per heavy atom. The fourth-order valence-electron chi connectivity index (χ4n) is 2.28. The number of hydrogen-bond acceptors (Lipinski definition) is 4. The van der Waals surface area contributed by atoms with E-state index in [0.29, 0.717) is 23.5 Å². The molecule has 0 aromatic heterocycles. The van der Waals surface area contributed by atoms with Crippen LogP contribution in [0.2, 0.25) is 0 Å². The Kier molecular flexibility index (Phi) is 5.39. The fourth-order valence-corrected chi connectivity index (χ4v) is 2.28. The number of esters is 1. The molecule has 0 amide bonds. The average molecular weight is 326 g/mol. The molecule has 0 spiro atoms. The van der Waals surface area contributed by atoms with Crippen LogP contribution in [0.1, 0.15) is 48.4 Å². The van der Waals surface area contributed by atoms with E-state index in [-0.39, 0.29) is 5.97 Å². The first kappa shape index (κ1) is 17.7. The van der Waals surface area contributed by atoms with Gasteiger partial charge in [-0.15, -0.1) is 0 Å². The van der Waals surface area contributed by atoms with Crippen LogP contribution in [0.25, 0.3) is 11.1 Å². The van der Waals surface area contributed by atoms with Crippen molar-refractivity contribution in [3.8, 4) is 16.9 Å². The maximum atomic E-state index is 12.1. The highest BCUT2D eigenvalue weighted by Crippen LogP contribution is 2.27. The average Bonchev–Trinajstić information content (AvgIpc) is 2.53. The van der Waals surface area contributed by atoms with Gasteiger partial charge in [0.2, 0.25) is 0 Å². The molecule has 0 aliphatic carbocycles. The number of rotatable bonds is 5. The summed E-state index contributed by atoms with van der Waals surface area (Å²) in [5.74, 6) is 0.296. The molecule has 2 aromatic carbocycles. The molecule has 2 rings (SSSR count). The first-order chi connectivity index (χ1) is 11.3. The molecule has 0 aliphatic rings. The monoisotopic (exact) mass is 326 g/mol. The number of carbonyl (C=O) groups excluding carboxylic acids is 2. The van der Waals surface area contributed by atoms with Crippen molar-refractivity contribution in [2.45, 2.75) is 33.3 Å². The molecule has 24 heavy (non-hydrogen) atoms. The second-order valence-electron chi connectivity index (χ2n) is 6.38. The zero-order chi connectivity index (χ0) is 17.7. The van der Waals surface area contributed by atoms with Crippen LogP contribution in [0.15, 0.2) is 42.5 Å². The normalized spacial score (nSPS) is 11.0. The third kappa shape index (κ3) is 4.44. The lowest BCUT2D eigenvalue weighted by atomic mass is 9.99. The van der Waals surface area contributed by atoms with E-state index < -0.39 is 5.60 Å². The summed E-state index contributed by atoms with van der Waals surface area (Å²) in [5, 5.41) is 0. The van der Waals surface area contributed by atoms with Gasteiger partial charge in [0.1, 0.15) is 11.4 Å². The molecular weight excluding hydrogens is 304 g/mol. The number of aldehydes is 1. The molecule has 0 radical (unpaired) electrons. The molecule has 4 heteroatoms. The van der Waals surface area contributed by atoms with Gasteiger partial charge in [-0.1, -0.05) is 12.1 Å². The summed E-state index contributed by atoms with van der Waals surface area (Å²) in [7, 11) is 0. The van der Waals surface area contributed by atoms with Gasteiger partial charge in [-0.25, -0.2) is 4.79 Å². The molecule has 2 aromatic rings. The fraction of sp³-hybridized carbons (Fsp3) is 0.300. The standard InChI is InChI=1S/C20H22O4/c1-5-23-17-10-11-18(16(12-17)13-21)14-6-8-15(9-7-14)19(22)24-20(2,3)4/h6-13H,5H2,1-4H3. The first-order valence-corrected chi connectivity index (χ1v) is 7.90. The van der Waals surface area contributed by atoms with Crippen LogP contribution in [0.3, 0.4) is 0 Å². The second-order valence-corrected chi connectivity index (χ2v) is 6.38. The van der Waals surface area contributed by atoms with Crippen molar-refractivity contribution in [2.75, 3.05) is 6.61 Å². The van der Waals surface area contributed by atoms with Crippen LogP contribution >= 0.6 is 0 Å². The first-order valence-electron chi connectivity index (χ1n) is 7.90. The molecular formula is C20H22O4. The van der Waals surface area contributed by atoms with Crippen molar-refractivity contribution in [2.24, 2.45) is 0 Å². The molecule has 0 saturated heterocycles. The van der Waals surface area contributed by atoms with Crippen molar-refractivity contribution in [3.05, 3.63) is 53.6 Å². The largest absolute Gasteiger partial charge is 0.494 e. The smallest absolute Gasteiger partial charge is 0.338 e. The number of ether oxygens (including phenoxy) is 2. The summed E-state index contributed by atoms with van der Waals surface area (Å²) in [4.78, 5) is 23.4. The minimum atomic E-state index is -0.532. The molecule has 0 saturated carbocycles. The SMILES string of the molecule is CCOc1ccc(-c2ccc(C(=O)OC(C)(C)C)cc2)c(C=O)c1. The quantitative estimate of drug-likeness (QED) is 0.599. The van der Waals surface area contributed by atoms with Crippen LogP contribution in [-0.4, -0.2) is 24.5 Å². The predicted molar refractivity (Wildman–Crippen MR) is 93.6 cm³/mol. The van der Waals surface area contributed by atoms with Gasteiger partial charge in [-0.2, -0.15) is 0 Å². The Hall–Kier alpha value is -2.62. The molecule has 0 N–H and O–H groups in total. The van der Waals surface area contributed by atoms with Crippen LogP contribution < -0.4 is 4.74 Å². The van der Waals surface area contributed by atoms with E-state index in [9.17, 15) is 9.59 Å². The summed E-state index contributed by atoms with van der Waals surface area (Å²) >= 11 is 0. The number of carbonyl (C=O) groups is 2. The van der Waals surface area contributed by atoms with Gasteiger partial charge in [-0.3, -0.25) is 4.79 Å². The predicted octanol–water partition coefficient (Wildman–Crippen LogP) is 4.52. The summed E-state index contributed by atoms with van der Waals surface area (Å²) in [6.45, 7) is 7.92. The maximum Gasteiger partial charge on any atom is 0.338 e. The van der Waals surface area contributed by atoms with E-state index in [1.807, 2.05) is 52.0 Å². The topological polar surface area (TPSA) is 52.6 Å². The zero-order valence-corrected chi connectivity index (χ0v) is 14.5. The highest BCUT2D eigenvalue weighted by molar-refractivity contribution is 5.92.